The number of aliphatic hydroxyl groups excluding tert-OH is 2. The Bertz CT molecular complexity index is 478. The molecule has 1 unspecified atom stereocenters. The van der Waals surface area contributed by atoms with Crippen LogP contribution >= 0.6 is 0 Å². The van der Waals surface area contributed by atoms with E-state index < -0.39 is 12.2 Å². The molecule has 0 spiro atoms. The van der Waals surface area contributed by atoms with Gasteiger partial charge in [0.15, 0.2) is 0 Å². The fraction of sp³-hybridized carbons (Fsp3) is 0.533. The van der Waals surface area contributed by atoms with Gasteiger partial charge in [0.1, 0.15) is 0 Å². The third kappa shape index (κ3) is 2.26. The van der Waals surface area contributed by atoms with Crippen molar-refractivity contribution in [1.82, 2.24) is 4.90 Å². The molecule has 1 aliphatic heterocycles. The van der Waals surface area contributed by atoms with Gasteiger partial charge in [0.05, 0.1) is 18.1 Å². The van der Waals surface area contributed by atoms with Crippen LogP contribution in [0.1, 0.15) is 29.9 Å². The predicted molar refractivity (Wildman–Crippen MR) is 70.7 cm³/mol. The smallest absolute Gasteiger partial charge is 0.230 e. The van der Waals surface area contributed by atoms with Crippen molar-refractivity contribution in [2.24, 2.45) is 0 Å². The van der Waals surface area contributed by atoms with Crippen molar-refractivity contribution in [3.8, 4) is 0 Å². The Morgan fingerprint density at radius 2 is 1.84 bits per heavy atom. The number of hydrogen-bond donors (Lipinski definition) is 2. The standard InChI is InChI=1S/C15H19NO3/c17-13-8-16(9-14(13)18)15(19)12-7-3-5-10-4-1-2-6-11(10)12/h1-2,4,6,12-14,17-18H,3,5,7-9H2/t12?,13-,14+. The lowest BCUT2D eigenvalue weighted by molar-refractivity contribution is -0.132. The molecule has 1 aromatic rings. The molecule has 0 bridgehead atoms. The topological polar surface area (TPSA) is 60.8 Å². The summed E-state index contributed by atoms with van der Waals surface area (Å²) in [5, 5.41) is 19.1. The number of β-amino-alcohol motifs (C(OH)–C–C–N with tert-alkyl or cyclic N) is 2. The molecular weight excluding hydrogens is 242 g/mol. The van der Waals surface area contributed by atoms with Crippen LogP contribution in [-0.4, -0.2) is 46.3 Å². The molecule has 1 aliphatic carbocycles. The van der Waals surface area contributed by atoms with Crippen LogP contribution in [0.3, 0.4) is 0 Å². The Hall–Kier alpha value is -1.39. The fourth-order valence-corrected chi connectivity index (χ4v) is 3.18. The maximum absolute atomic E-state index is 12.6. The van der Waals surface area contributed by atoms with Gasteiger partial charge in [-0.25, -0.2) is 0 Å². The van der Waals surface area contributed by atoms with Crippen molar-refractivity contribution >= 4 is 5.91 Å². The first-order chi connectivity index (χ1) is 9.16. The summed E-state index contributed by atoms with van der Waals surface area (Å²) in [5.74, 6) is -0.0646. The molecule has 0 radical (unpaired) electrons. The lowest BCUT2D eigenvalue weighted by Crippen LogP contribution is -2.35. The van der Waals surface area contributed by atoms with Crippen molar-refractivity contribution in [2.45, 2.75) is 37.4 Å². The van der Waals surface area contributed by atoms with Crippen molar-refractivity contribution in [1.29, 1.82) is 0 Å². The van der Waals surface area contributed by atoms with Crippen LogP contribution in [0.4, 0.5) is 0 Å². The Labute approximate surface area is 112 Å². The molecule has 3 rings (SSSR count). The van der Waals surface area contributed by atoms with Gasteiger partial charge in [-0.2, -0.15) is 0 Å². The summed E-state index contributed by atoms with van der Waals surface area (Å²) in [6.45, 7) is 0.497. The van der Waals surface area contributed by atoms with Gasteiger partial charge < -0.3 is 15.1 Å². The quantitative estimate of drug-likeness (QED) is 0.781. The van der Waals surface area contributed by atoms with E-state index in [0.29, 0.717) is 0 Å². The summed E-state index contributed by atoms with van der Waals surface area (Å²) in [4.78, 5) is 14.2. The Morgan fingerprint density at radius 1 is 1.16 bits per heavy atom. The number of hydrogen-bond acceptors (Lipinski definition) is 3. The van der Waals surface area contributed by atoms with Crippen LogP contribution in [0, 0.1) is 0 Å². The number of carbonyl (C=O) groups is 1. The summed E-state index contributed by atoms with van der Waals surface area (Å²) in [6.07, 6.45) is 1.31. The molecule has 0 saturated carbocycles. The first-order valence-electron chi connectivity index (χ1n) is 6.89. The van der Waals surface area contributed by atoms with Gasteiger partial charge in [0, 0.05) is 13.1 Å². The molecule has 3 atom stereocenters. The van der Waals surface area contributed by atoms with E-state index in [9.17, 15) is 15.0 Å². The third-order valence-corrected chi connectivity index (χ3v) is 4.24. The minimum atomic E-state index is -0.803. The maximum Gasteiger partial charge on any atom is 0.230 e. The number of nitrogens with zero attached hydrogens (tertiary/aromatic N) is 1. The zero-order valence-corrected chi connectivity index (χ0v) is 10.8. The summed E-state index contributed by atoms with van der Waals surface area (Å²) >= 11 is 0. The third-order valence-electron chi connectivity index (χ3n) is 4.24. The average Bonchev–Trinajstić information content (AvgIpc) is 2.77. The number of rotatable bonds is 1. The minimum absolute atomic E-state index is 0.0442. The van der Waals surface area contributed by atoms with Crippen molar-refractivity contribution < 1.29 is 15.0 Å². The van der Waals surface area contributed by atoms with E-state index in [1.54, 1.807) is 4.90 Å². The second-order valence-corrected chi connectivity index (χ2v) is 5.52. The van der Waals surface area contributed by atoms with Gasteiger partial charge in [-0.3, -0.25) is 4.79 Å². The molecule has 4 heteroatoms. The molecular formula is C15H19NO3. The Morgan fingerprint density at radius 3 is 2.58 bits per heavy atom. The van der Waals surface area contributed by atoms with E-state index in [2.05, 4.69) is 6.07 Å². The SMILES string of the molecule is O=C(C1CCCc2ccccc21)N1C[C@@H](O)[C@@H](O)C1. The lowest BCUT2D eigenvalue weighted by atomic mass is 9.82. The van der Waals surface area contributed by atoms with Gasteiger partial charge in [-0.1, -0.05) is 24.3 Å². The molecule has 2 aliphatic rings. The largest absolute Gasteiger partial charge is 0.388 e. The highest BCUT2D eigenvalue weighted by molar-refractivity contribution is 5.84. The molecule has 1 amide bonds. The molecule has 102 valence electrons. The van der Waals surface area contributed by atoms with Gasteiger partial charge in [0.25, 0.3) is 0 Å². The Kier molecular flexibility index (Phi) is 3.29. The number of likely N-dealkylation sites (tertiary alicyclic amines) is 1. The van der Waals surface area contributed by atoms with Crippen molar-refractivity contribution in [3.63, 3.8) is 0 Å². The summed E-state index contributed by atoms with van der Waals surface area (Å²) in [5.41, 5.74) is 2.38. The van der Waals surface area contributed by atoms with Crippen LogP contribution in [-0.2, 0) is 11.2 Å². The number of carbonyl (C=O) groups excluding carboxylic acids is 1. The van der Waals surface area contributed by atoms with Gasteiger partial charge in [0.2, 0.25) is 5.91 Å². The van der Waals surface area contributed by atoms with Crippen molar-refractivity contribution in [3.05, 3.63) is 35.4 Å². The van der Waals surface area contributed by atoms with Gasteiger partial charge in [-0.05, 0) is 30.4 Å². The summed E-state index contributed by atoms with van der Waals surface area (Å²) in [6, 6.07) is 8.09. The summed E-state index contributed by atoms with van der Waals surface area (Å²) < 4.78 is 0. The van der Waals surface area contributed by atoms with E-state index in [-0.39, 0.29) is 24.9 Å². The second-order valence-electron chi connectivity index (χ2n) is 5.52. The second kappa shape index (κ2) is 4.94. The number of aliphatic hydroxyl groups is 2. The van der Waals surface area contributed by atoms with Gasteiger partial charge in [-0.15, -0.1) is 0 Å². The van der Waals surface area contributed by atoms with E-state index in [0.717, 1.165) is 24.8 Å². The predicted octanol–water partition coefficient (Wildman–Crippen LogP) is 0.670. The molecule has 2 N–H and O–H groups in total. The first-order valence-corrected chi connectivity index (χ1v) is 6.89. The molecule has 1 fully saturated rings. The summed E-state index contributed by atoms with van der Waals surface area (Å²) in [7, 11) is 0. The first kappa shape index (κ1) is 12.6. The number of fused-ring (bicyclic) bond motifs is 1. The van der Waals surface area contributed by atoms with E-state index in [4.69, 9.17) is 0 Å². The highest BCUT2D eigenvalue weighted by Crippen LogP contribution is 2.33. The molecule has 1 saturated heterocycles. The number of benzene rings is 1. The van der Waals surface area contributed by atoms with Crippen LogP contribution in [0.5, 0.6) is 0 Å². The zero-order chi connectivity index (χ0) is 13.4. The maximum atomic E-state index is 12.6. The van der Waals surface area contributed by atoms with Crippen molar-refractivity contribution in [2.75, 3.05) is 13.1 Å². The number of aryl methyl sites for hydroxylation is 1. The van der Waals surface area contributed by atoms with Crippen LogP contribution in [0.25, 0.3) is 0 Å². The van der Waals surface area contributed by atoms with Gasteiger partial charge >= 0.3 is 0 Å². The monoisotopic (exact) mass is 261 g/mol. The van der Waals surface area contributed by atoms with E-state index in [1.165, 1.54) is 5.56 Å². The highest BCUT2D eigenvalue weighted by Gasteiger charge is 2.37. The van der Waals surface area contributed by atoms with Crippen LogP contribution < -0.4 is 0 Å². The average molecular weight is 261 g/mol. The normalized spacial score (nSPS) is 30.2. The molecule has 4 nitrogen and oxygen atoms in total. The van der Waals surface area contributed by atoms with E-state index in [1.807, 2.05) is 18.2 Å². The molecule has 1 aromatic carbocycles. The zero-order valence-electron chi connectivity index (χ0n) is 10.8. The van der Waals surface area contributed by atoms with E-state index >= 15 is 0 Å². The molecule has 19 heavy (non-hydrogen) atoms. The Balaban J connectivity index is 1.82. The van der Waals surface area contributed by atoms with Crippen LogP contribution in [0.15, 0.2) is 24.3 Å². The molecule has 1 heterocycles. The lowest BCUT2D eigenvalue weighted by Gasteiger charge is -2.28. The fourth-order valence-electron chi connectivity index (χ4n) is 3.18. The highest BCUT2D eigenvalue weighted by atomic mass is 16.3. The molecule has 0 aromatic heterocycles. The van der Waals surface area contributed by atoms with Crippen LogP contribution in [0.2, 0.25) is 0 Å². The minimum Gasteiger partial charge on any atom is -0.388 e. The number of amides is 1.